The van der Waals surface area contributed by atoms with E-state index in [-0.39, 0.29) is 69.4 Å². The zero-order valence-electron chi connectivity index (χ0n) is 21.3. The molecule has 0 radical (unpaired) electrons. The molecular formula is C28H30F2KN3O4. The summed E-state index contributed by atoms with van der Waals surface area (Å²) < 4.78 is 30.9. The van der Waals surface area contributed by atoms with Crippen LogP contribution in [0.3, 0.4) is 0 Å². The van der Waals surface area contributed by atoms with E-state index in [9.17, 15) is 23.5 Å². The molecule has 0 saturated carbocycles. The van der Waals surface area contributed by atoms with Crippen LogP contribution in [0.2, 0.25) is 0 Å². The molecule has 3 aromatic rings. The Kier molecular flexibility index (Phi) is 13.4. The summed E-state index contributed by atoms with van der Waals surface area (Å²) in [6, 6.07) is 23.1. The second-order valence-electron chi connectivity index (χ2n) is 8.64. The first-order valence-electron chi connectivity index (χ1n) is 12.0. The Morgan fingerprint density at radius 1 is 0.921 bits per heavy atom. The van der Waals surface area contributed by atoms with Gasteiger partial charge in [0.05, 0.1) is 11.7 Å². The van der Waals surface area contributed by atoms with E-state index in [2.05, 4.69) is 27.5 Å². The zero-order valence-corrected chi connectivity index (χ0v) is 24.4. The Morgan fingerprint density at radius 2 is 1.55 bits per heavy atom. The molecule has 3 rings (SSSR count). The first-order chi connectivity index (χ1) is 17.7. The number of nitrogen functional groups attached to an aromatic ring is 1. The summed E-state index contributed by atoms with van der Waals surface area (Å²) in [5, 5.41) is 16.7. The van der Waals surface area contributed by atoms with Crippen molar-refractivity contribution in [3.63, 3.8) is 0 Å². The first kappa shape index (κ1) is 31.9. The Bertz CT molecular complexity index is 1170. The van der Waals surface area contributed by atoms with Crippen molar-refractivity contribution in [2.75, 3.05) is 12.3 Å². The predicted octanol–water partition coefficient (Wildman–Crippen LogP) is -0.166. The van der Waals surface area contributed by atoms with Crippen molar-refractivity contribution in [3.05, 3.63) is 95.6 Å². The summed E-state index contributed by atoms with van der Waals surface area (Å²) in [7, 11) is 0. The van der Waals surface area contributed by atoms with E-state index in [0.717, 1.165) is 30.9 Å². The van der Waals surface area contributed by atoms with Crippen molar-refractivity contribution in [3.8, 4) is 5.75 Å². The van der Waals surface area contributed by atoms with Crippen molar-refractivity contribution in [2.45, 2.75) is 44.4 Å². The minimum absolute atomic E-state index is 0. The molecule has 0 saturated heterocycles. The molecule has 10 heteroatoms. The third kappa shape index (κ3) is 10.4. The molecule has 7 nitrogen and oxygen atoms in total. The minimum atomic E-state index is -4.52. The molecule has 0 aromatic heterocycles. The van der Waals surface area contributed by atoms with Crippen molar-refractivity contribution >= 4 is 17.6 Å². The standard InChI is InChI=1S/C28H31F2N3O4.K/c29-28(30,27(35)36)37-25-15-14-22(17-23(25)31)18-24(33-19-21-12-5-2-6-13-21)26(34)32-16-8-7-11-20-9-3-1-4-10-20;/h1-6,9-10,12-15,17,24,33H,7-8,11,16,18-19,31H2,(H,32,34)(H,35,36);/q;+1/p-1/t24-;/m0./s1. The van der Waals surface area contributed by atoms with Crippen LogP contribution < -0.4 is 77.6 Å². The van der Waals surface area contributed by atoms with E-state index in [1.165, 1.54) is 17.7 Å². The van der Waals surface area contributed by atoms with Crippen molar-refractivity contribution < 1.29 is 79.6 Å². The van der Waals surface area contributed by atoms with E-state index >= 15 is 0 Å². The van der Waals surface area contributed by atoms with E-state index in [1.807, 2.05) is 48.5 Å². The maximum Gasteiger partial charge on any atom is 1.00 e. The van der Waals surface area contributed by atoms with Gasteiger partial charge in [0.1, 0.15) is 5.75 Å². The molecule has 196 valence electrons. The molecule has 1 amide bonds. The number of halogens is 2. The number of aliphatic carboxylic acids is 1. The van der Waals surface area contributed by atoms with Gasteiger partial charge in [0, 0.05) is 13.1 Å². The smallest absolute Gasteiger partial charge is 0.541 e. The van der Waals surface area contributed by atoms with Crippen LogP contribution >= 0.6 is 0 Å². The Hall–Kier alpha value is -2.34. The molecule has 0 unspecified atom stereocenters. The van der Waals surface area contributed by atoms with Gasteiger partial charge < -0.3 is 31.0 Å². The number of rotatable bonds is 14. The average Bonchev–Trinajstić information content (AvgIpc) is 2.88. The van der Waals surface area contributed by atoms with Crippen LogP contribution in [0.15, 0.2) is 78.9 Å². The number of ether oxygens (including phenoxy) is 1. The topological polar surface area (TPSA) is 117 Å². The predicted molar refractivity (Wildman–Crippen MR) is 135 cm³/mol. The van der Waals surface area contributed by atoms with Crippen LogP contribution in [0.1, 0.15) is 29.5 Å². The van der Waals surface area contributed by atoms with Crippen LogP contribution in [-0.2, 0) is 29.0 Å². The van der Waals surface area contributed by atoms with Gasteiger partial charge in [0.2, 0.25) is 5.91 Å². The number of benzene rings is 3. The number of anilines is 1. The van der Waals surface area contributed by atoms with Crippen molar-refractivity contribution in [1.82, 2.24) is 10.6 Å². The number of amides is 1. The van der Waals surface area contributed by atoms with Gasteiger partial charge in [0.15, 0.2) is 5.97 Å². The van der Waals surface area contributed by atoms with Crippen molar-refractivity contribution in [1.29, 1.82) is 0 Å². The molecule has 0 bridgehead atoms. The van der Waals surface area contributed by atoms with Gasteiger partial charge in [-0.05, 0) is 54.5 Å². The molecular weight excluding hydrogens is 519 g/mol. The Morgan fingerprint density at radius 3 is 2.16 bits per heavy atom. The number of aryl methyl sites for hydroxylation is 1. The van der Waals surface area contributed by atoms with E-state index in [0.29, 0.717) is 18.7 Å². The van der Waals surface area contributed by atoms with Crippen molar-refractivity contribution in [2.24, 2.45) is 0 Å². The van der Waals surface area contributed by atoms with Crippen LogP contribution in [-0.4, -0.2) is 30.6 Å². The van der Waals surface area contributed by atoms with Crippen LogP contribution in [0.25, 0.3) is 0 Å². The maximum atomic E-state index is 13.4. The molecule has 38 heavy (non-hydrogen) atoms. The quantitative estimate of drug-likeness (QED) is 0.146. The van der Waals surface area contributed by atoms with Gasteiger partial charge >= 0.3 is 57.5 Å². The van der Waals surface area contributed by atoms with Gasteiger partial charge in [-0.25, -0.2) is 0 Å². The summed E-state index contributed by atoms with van der Waals surface area (Å²) in [5.74, 6) is -3.35. The average molecular weight is 550 g/mol. The molecule has 4 N–H and O–H groups in total. The largest absolute Gasteiger partial charge is 1.00 e. The Balaban J connectivity index is 0.00000507. The third-order valence-electron chi connectivity index (χ3n) is 5.74. The van der Waals surface area contributed by atoms with Gasteiger partial charge in [-0.2, -0.15) is 8.78 Å². The van der Waals surface area contributed by atoms with E-state index < -0.39 is 23.9 Å². The molecule has 3 aromatic carbocycles. The molecule has 0 aliphatic carbocycles. The first-order valence-corrected chi connectivity index (χ1v) is 12.0. The number of hydrogen-bond donors (Lipinski definition) is 3. The number of unbranched alkanes of at least 4 members (excludes halogenated alkanes) is 1. The number of carbonyl (C=O) groups excluding carboxylic acids is 2. The fraction of sp³-hybridized carbons (Fsp3) is 0.286. The maximum absolute atomic E-state index is 13.4. The molecule has 0 aliphatic heterocycles. The number of carboxylic acids is 1. The fourth-order valence-electron chi connectivity index (χ4n) is 3.76. The molecule has 1 atom stereocenters. The van der Waals surface area contributed by atoms with Crippen LogP contribution in [0.4, 0.5) is 14.5 Å². The third-order valence-corrected chi connectivity index (χ3v) is 5.74. The number of carbonyl (C=O) groups is 2. The molecule has 0 aliphatic rings. The minimum Gasteiger partial charge on any atom is -0.541 e. The summed E-state index contributed by atoms with van der Waals surface area (Å²) >= 11 is 0. The second kappa shape index (κ2) is 15.9. The molecule has 0 heterocycles. The zero-order chi connectivity index (χ0) is 26.7. The second-order valence-corrected chi connectivity index (χ2v) is 8.64. The molecule has 0 spiro atoms. The number of nitrogens with one attached hydrogen (secondary N) is 2. The van der Waals surface area contributed by atoms with Gasteiger partial charge in [-0.3, -0.25) is 4.79 Å². The summed E-state index contributed by atoms with van der Waals surface area (Å²) in [6.07, 6.45) is -1.62. The van der Waals surface area contributed by atoms with Crippen LogP contribution in [0.5, 0.6) is 5.75 Å². The van der Waals surface area contributed by atoms with Gasteiger partial charge in [-0.1, -0.05) is 66.7 Å². The van der Waals surface area contributed by atoms with E-state index in [1.54, 1.807) is 0 Å². The SMILES string of the molecule is Nc1cc(C[C@H](NCc2ccccc2)C(=O)NCCCCc2ccccc2)ccc1OC(F)(F)C(=O)[O-].[K+]. The summed E-state index contributed by atoms with van der Waals surface area (Å²) in [5.41, 5.74) is 8.47. The van der Waals surface area contributed by atoms with Crippen LogP contribution in [0, 0.1) is 0 Å². The monoisotopic (exact) mass is 549 g/mol. The Labute approximate surface area is 263 Å². The summed E-state index contributed by atoms with van der Waals surface area (Å²) in [6.45, 7) is 0.962. The fourth-order valence-corrected chi connectivity index (χ4v) is 3.76. The number of nitrogens with two attached hydrogens (primary N) is 1. The summed E-state index contributed by atoms with van der Waals surface area (Å²) in [4.78, 5) is 23.5. The molecule has 0 fully saturated rings. The number of alkyl halides is 2. The van der Waals surface area contributed by atoms with Gasteiger partial charge in [0.25, 0.3) is 0 Å². The number of hydrogen-bond acceptors (Lipinski definition) is 6. The normalized spacial score (nSPS) is 11.7. The number of carboxylic acid groups (broad SMARTS) is 1. The van der Waals surface area contributed by atoms with Gasteiger partial charge in [-0.15, -0.1) is 0 Å². The van der Waals surface area contributed by atoms with E-state index in [4.69, 9.17) is 5.73 Å².